The van der Waals surface area contributed by atoms with Gasteiger partial charge in [0.05, 0.1) is 12.2 Å². The number of hydrogen-bond donors (Lipinski definition) is 0. The van der Waals surface area contributed by atoms with Gasteiger partial charge >= 0.3 is 0 Å². The number of methoxy groups -OCH3 is 1. The smallest absolute Gasteiger partial charge is 0.112 e. The lowest BCUT2D eigenvalue weighted by Crippen LogP contribution is -2.22. The first-order chi connectivity index (χ1) is 4.24. The molecule has 1 fully saturated rings. The van der Waals surface area contributed by atoms with Crippen LogP contribution in [0.5, 0.6) is 0 Å². The van der Waals surface area contributed by atoms with Crippen LogP contribution in [0.3, 0.4) is 0 Å². The van der Waals surface area contributed by atoms with Gasteiger partial charge in [-0.05, 0) is 6.92 Å². The summed E-state index contributed by atoms with van der Waals surface area (Å²) in [5, 5.41) is 0. The molecular formula is C6H11BO2. The summed E-state index contributed by atoms with van der Waals surface area (Å²) in [4.78, 5) is 0. The number of rotatable bonds is 1. The van der Waals surface area contributed by atoms with Crippen LogP contribution in [0.2, 0.25) is 0 Å². The predicted octanol–water partition coefficient (Wildman–Crippen LogP) is 0.305. The molecular weight excluding hydrogens is 115 g/mol. The zero-order chi connectivity index (χ0) is 6.85. The summed E-state index contributed by atoms with van der Waals surface area (Å²) in [6.07, 6.45) is 1.27. The molecule has 0 bridgehead atoms. The second-order valence-corrected chi connectivity index (χ2v) is 2.42. The molecule has 1 aliphatic heterocycles. The Balaban J connectivity index is 2.38. The molecule has 1 aliphatic rings. The van der Waals surface area contributed by atoms with Crippen molar-refractivity contribution in [3.05, 3.63) is 0 Å². The average molecular weight is 126 g/mol. The Morgan fingerprint density at radius 1 is 1.67 bits per heavy atom. The SMILES string of the molecule is [B][C@@H]1O[C@H](C)CC1OC. The highest BCUT2D eigenvalue weighted by molar-refractivity contribution is 6.11. The Labute approximate surface area is 56.9 Å². The van der Waals surface area contributed by atoms with Crippen LogP contribution in [0.25, 0.3) is 0 Å². The van der Waals surface area contributed by atoms with Crippen molar-refractivity contribution in [3.63, 3.8) is 0 Å². The maximum atomic E-state index is 5.53. The van der Waals surface area contributed by atoms with E-state index >= 15 is 0 Å². The maximum Gasteiger partial charge on any atom is 0.112 e. The molecule has 0 N–H and O–H groups in total. The van der Waals surface area contributed by atoms with Crippen LogP contribution in [0, 0.1) is 0 Å². The van der Waals surface area contributed by atoms with E-state index in [2.05, 4.69) is 0 Å². The molecule has 2 radical (unpaired) electrons. The Kier molecular flexibility index (Phi) is 2.14. The molecule has 0 aliphatic carbocycles. The molecule has 0 aromatic carbocycles. The van der Waals surface area contributed by atoms with Crippen molar-refractivity contribution in [2.24, 2.45) is 0 Å². The van der Waals surface area contributed by atoms with E-state index in [-0.39, 0.29) is 18.2 Å². The van der Waals surface area contributed by atoms with Crippen LogP contribution in [-0.4, -0.2) is 33.2 Å². The van der Waals surface area contributed by atoms with E-state index in [1.54, 1.807) is 7.11 Å². The lowest BCUT2D eigenvalue weighted by molar-refractivity contribution is 0.0453. The van der Waals surface area contributed by atoms with Gasteiger partial charge in [-0.2, -0.15) is 0 Å². The Hall–Kier alpha value is -0.0151. The van der Waals surface area contributed by atoms with Gasteiger partial charge in [0, 0.05) is 19.5 Å². The summed E-state index contributed by atoms with van der Waals surface area (Å²) in [5.74, 6) is 0. The highest BCUT2D eigenvalue weighted by Crippen LogP contribution is 2.19. The molecule has 1 unspecified atom stereocenters. The van der Waals surface area contributed by atoms with Crippen LogP contribution >= 0.6 is 0 Å². The van der Waals surface area contributed by atoms with Gasteiger partial charge in [-0.3, -0.25) is 0 Å². The normalized spacial score (nSPS) is 43.6. The summed E-state index contributed by atoms with van der Waals surface area (Å²) in [7, 11) is 7.19. The first-order valence-corrected chi connectivity index (χ1v) is 3.18. The maximum absolute atomic E-state index is 5.53. The molecule has 3 atom stereocenters. The van der Waals surface area contributed by atoms with E-state index in [0.717, 1.165) is 6.42 Å². The van der Waals surface area contributed by atoms with Crippen LogP contribution in [0.1, 0.15) is 13.3 Å². The third-order valence-corrected chi connectivity index (χ3v) is 1.62. The van der Waals surface area contributed by atoms with Crippen molar-refractivity contribution < 1.29 is 9.47 Å². The first-order valence-electron chi connectivity index (χ1n) is 3.18. The van der Waals surface area contributed by atoms with Crippen LogP contribution in [0.15, 0.2) is 0 Å². The minimum Gasteiger partial charge on any atom is -0.382 e. The molecule has 50 valence electrons. The van der Waals surface area contributed by atoms with Crippen molar-refractivity contribution >= 4 is 7.85 Å². The van der Waals surface area contributed by atoms with Gasteiger partial charge in [0.1, 0.15) is 7.85 Å². The van der Waals surface area contributed by atoms with E-state index in [1.165, 1.54) is 0 Å². The third kappa shape index (κ3) is 1.46. The van der Waals surface area contributed by atoms with E-state index in [1.807, 2.05) is 6.92 Å². The van der Waals surface area contributed by atoms with Gasteiger partial charge in [0.25, 0.3) is 0 Å². The van der Waals surface area contributed by atoms with Crippen molar-refractivity contribution in [2.75, 3.05) is 7.11 Å². The minimum absolute atomic E-state index is 0.0972. The second kappa shape index (κ2) is 2.71. The van der Waals surface area contributed by atoms with Crippen molar-refractivity contribution in [1.82, 2.24) is 0 Å². The van der Waals surface area contributed by atoms with Crippen LogP contribution in [0.4, 0.5) is 0 Å². The van der Waals surface area contributed by atoms with E-state index in [0.29, 0.717) is 0 Å². The van der Waals surface area contributed by atoms with E-state index in [4.69, 9.17) is 17.3 Å². The van der Waals surface area contributed by atoms with E-state index in [9.17, 15) is 0 Å². The molecule has 9 heavy (non-hydrogen) atoms. The molecule has 3 heteroatoms. The molecule has 1 rings (SSSR count). The fraction of sp³-hybridized carbons (Fsp3) is 1.00. The Morgan fingerprint density at radius 2 is 2.33 bits per heavy atom. The Morgan fingerprint density at radius 3 is 2.56 bits per heavy atom. The lowest BCUT2D eigenvalue weighted by atomic mass is 9.94. The zero-order valence-electron chi connectivity index (χ0n) is 5.83. The summed E-state index contributed by atoms with van der Waals surface area (Å²) in [6.45, 7) is 2.00. The first kappa shape index (κ1) is 7.10. The molecule has 2 nitrogen and oxygen atoms in total. The molecule has 1 saturated heterocycles. The molecule has 1 heterocycles. The summed E-state index contributed by atoms with van der Waals surface area (Å²) >= 11 is 0. The quantitative estimate of drug-likeness (QED) is 0.470. The molecule has 0 aromatic heterocycles. The predicted molar refractivity (Wildman–Crippen MR) is 35.5 cm³/mol. The van der Waals surface area contributed by atoms with Gasteiger partial charge < -0.3 is 9.47 Å². The molecule has 0 amide bonds. The van der Waals surface area contributed by atoms with Crippen LogP contribution < -0.4 is 0 Å². The summed E-state index contributed by atoms with van der Waals surface area (Å²) in [5.41, 5.74) is 0. The van der Waals surface area contributed by atoms with Gasteiger partial charge in [-0.1, -0.05) is 0 Å². The monoisotopic (exact) mass is 126 g/mol. The van der Waals surface area contributed by atoms with Crippen molar-refractivity contribution in [2.45, 2.75) is 31.6 Å². The van der Waals surface area contributed by atoms with Crippen molar-refractivity contribution in [1.29, 1.82) is 0 Å². The Bertz CT molecular complexity index is 97.1. The van der Waals surface area contributed by atoms with Gasteiger partial charge in [-0.15, -0.1) is 0 Å². The topological polar surface area (TPSA) is 18.5 Å². The summed E-state index contributed by atoms with van der Waals surface area (Å²) in [6, 6.07) is -0.218. The highest BCUT2D eigenvalue weighted by atomic mass is 16.6. The molecule has 0 spiro atoms. The third-order valence-electron chi connectivity index (χ3n) is 1.62. The lowest BCUT2D eigenvalue weighted by Gasteiger charge is -2.10. The largest absolute Gasteiger partial charge is 0.382 e. The van der Waals surface area contributed by atoms with E-state index < -0.39 is 0 Å². The van der Waals surface area contributed by atoms with Gasteiger partial charge in [-0.25, -0.2) is 0 Å². The average Bonchev–Trinajstić information content (AvgIpc) is 2.10. The molecule has 0 aromatic rings. The standard InChI is InChI=1S/C6H11BO2/c1-4-3-5(8-2)6(7)9-4/h4-6H,3H2,1-2H3/t4-,5?,6-/m1/s1. The van der Waals surface area contributed by atoms with Crippen LogP contribution in [-0.2, 0) is 9.47 Å². The molecule has 0 saturated carbocycles. The van der Waals surface area contributed by atoms with Gasteiger partial charge in [0.15, 0.2) is 0 Å². The fourth-order valence-electron chi connectivity index (χ4n) is 1.10. The second-order valence-electron chi connectivity index (χ2n) is 2.42. The highest BCUT2D eigenvalue weighted by Gasteiger charge is 2.28. The fourth-order valence-corrected chi connectivity index (χ4v) is 1.10. The zero-order valence-corrected chi connectivity index (χ0v) is 5.83. The van der Waals surface area contributed by atoms with Crippen molar-refractivity contribution in [3.8, 4) is 0 Å². The number of ether oxygens (including phenoxy) is 2. The summed E-state index contributed by atoms with van der Waals surface area (Å²) < 4.78 is 10.3. The minimum atomic E-state index is -0.218. The van der Waals surface area contributed by atoms with Gasteiger partial charge in [0.2, 0.25) is 0 Å². The number of hydrogen-bond acceptors (Lipinski definition) is 2.